The molecule has 0 aliphatic carbocycles. The predicted octanol–water partition coefficient (Wildman–Crippen LogP) is 7.36. The summed E-state index contributed by atoms with van der Waals surface area (Å²) < 4.78 is 5.40. The van der Waals surface area contributed by atoms with E-state index in [4.69, 9.17) is 4.74 Å². The van der Waals surface area contributed by atoms with Crippen molar-refractivity contribution in [2.75, 3.05) is 32.8 Å². The van der Waals surface area contributed by atoms with E-state index in [2.05, 4.69) is 11.8 Å². The van der Waals surface area contributed by atoms with E-state index in [-0.39, 0.29) is 0 Å². The minimum atomic E-state index is 0.943. The molecule has 1 aliphatic heterocycles. The number of rotatable bonds is 19. The van der Waals surface area contributed by atoms with Crippen LogP contribution in [0.2, 0.25) is 0 Å². The summed E-state index contributed by atoms with van der Waals surface area (Å²) in [6.45, 7) is 7.78. The predicted molar refractivity (Wildman–Crippen MR) is 116 cm³/mol. The maximum absolute atomic E-state index is 5.40. The molecule has 0 aromatic rings. The number of hydrogen-bond acceptors (Lipinski definition) is 2. The summed E-state index contributed by atoms with van der Waals surface area (Å²) in [5.74, 6) is 0. The third kappa shape index (κ3) is 16.1. The Morgan fingerprint density at radius 1 is 0.500 bits per heavy atom. The van der Waals surface area contributed by atoms with Gasteiger partial charge in [0.15, 0.2) is 0 Å². The molecule has 2 nitrogen and oxygen atoms in total. The average molecular weight is 368 g/mol. The van der Waals surface area contributed by atoms with Crippen LogP contribution in [0.1, 0.15) is 122 Å². The maximum atomic E-state index is 5.40. The molecule has 1 heterocycles. The van der Waals surface area contributed by atoms with Gasteiger partial charge in [-0.2, -0.15) is 0 Å². The van der Waals surface area contributed by atoms with E-state index < -0.39 is 0 Å². The standard InChI is InChI=1S/C24H49NO/c1-2-3-4-5-6-7-8-9-10-11-12-13-14-15-16-17-18-19-20-25-21-23-26-24-22-25/h2-24H2,1H3. The molecule has 2 heteroatoms. The molecule has 0 aromatic heterocycles. The molecule has 0 unspecified atom stereocenters. The fraction of sp³-hybridized carbons (Fsp3) is 1.00. The van der Waals surface area contributed by atoms with E-state index in [1.54, 1.807) is 0 Å². The number of nitrogens with zero attached hydrogens (tertiary/aromatic N) is 1. The number of morpholine rings is 1. The van der Waals surface area contributed by atoms with Crippen molar-refractivity contribution >= 4 is 0 Å². The molecule has 26 heavy (non-hydrogen) atoms. The van der Waals surface area contributed by atoms with Crippen molar-refractivity contribution in [2.24, 2.45) is 0 Å². The molecule has 0 N–H and O–H groups in total. The van der Waals surface area contributed by atoms with Gasteiger partial charge in [0.1, 0.15) is 0 Å². The van der Waals surface area contributed by atoms with Gasteiger partial charge in [0.2, 0.25) is 0 Å². The Hall–Kier alpha value is -0.0800. The van der Waals surface area contributed by atoms with Crippen LogP contribution in [0.4, 0.5) is 0 Å². The number of ether oxygens (including phenoxy) is 1. The van der Waals surface area contributed by atoms with Crippen molar-refractivity contribution in [3.05, 3.63) is 0 Å². The molecule has 156 valence electrons. The molecule has 0 atom stereocenters. The van der Waals surface area contributed by atoms with Crippen LogP contribution in [-0.4, -0.2) is 37.7 Å². The van der Waals surface area contributed by atoms with Crippen molar-refractivity contribution in [3.63, 3.8) is 0 Å². The molecule has 1 aliphatic rings. The Balaban J connectivity index is 1.65. The van der Waals surface area contributed by atoms with Crippen molar-refractivity contribution in [2.45, 2.75) is 122 Å². The van der Waals surface area contributed by atoms with Crippen LogP contribution in [0.15, 0.2) is 0 Å². The largest absolute Gasteiger partial charge is 0.379 e. The van der Waals surface area contributed by atoms with Crippen LogP contribution in [-0.2, 0) is 4.74 Å². The fourth-order valence-corrected chi connectivity index (χ4v) is 4.06. The highest BCUT2D eigenvalue weighted by Crippen LogP contribution is 2.14. The van der Waals surface area contributed by atoms with Crippen molar-refractivity contribution in [1.29, 1.82) is 0 Å². The zero-order chi connectivity index (χ0) is 18.5. The van der Waals surface area contributed by atoms with E-state index in [0.29, 0.717) is 0 Å². The first-order valence-electron chi connectivity index (χ1n) is 12.2. The summed E-state index contributed by atoms with van der Waals surface area (Å²) in [5, 5.41) is 0. The van der Waals surface area contributed by atoms with Crippen LogP contribution in [0.5, 0.6) is 0 Å². The summed E-state index contributed by atoms with van der Waals surface area (Å²) in [5.41, 5.74) is 0. The van der Waals surface area contributed by atoms with Gasteiger partial charge in [-0.15, -0.1) is 0 Å². The number of hydrogen-bond donors (Lipinski definition) is 0. The van der Waals surface area contributed by atoms with Gasteiger partial charge < -0.3 is 4.74 Å². The lowest BCUT2D eigenvalue weighted by Gasteiger charge is -2.26. The normalized spacial score (nSPS) is 15.6. The topological polar surface area (TPSA) is 12.5 Å². The minimum Gasteiger partial charge on any atom is -0.379 e. The van der Waals surface area contributed by atoms with Gasteiger partial charge in [-0.1, -0.05) is 116 Å². The second-order valence-electron chi connectivity index (χ2n) is 8.46. The zero-order valence-electron chi connectivity index (χ0n) is 18.1. The van der Waals surface area contributed by atoms with Crippen LogP contribution in [0.25, 0.3) is 0 Å². The van der Waals surface area contributed by atoms with Gasteiger partial charge in [-0.05, 0) is 13.0 Å². The van der Waals surface area contributed by atoms with Crippen LogP contribution >= 0.6 is 0 Å². The first-order chi connectivity index (χ1) is 12.9. The Bertz CT molecular complexity index is 263. The molecule has 0 radical (unpaired) electrons. The lowest BCUT2D eigenvalue weighted by Crippen LogP contribution is -2.36. The second-order valence-corrected chi connectivity index (χ2v) is 8.46. The first-order valence-corrected chi connectivity index (χ1v) is 12.2. The van der Waals surface area contributed by atoms with E-state index in [9.17, 15) is 0 Å². The highest BCUT2D eigenvalue weighted by Gasteiger charge is 2.08. The monoisotopic (exact) mass is 367 g/mol. The van der Waals surface area contributed by atoms with Gasteiger partial charge in [0.25, 0.3) is 0 Å². The Morgan fingerprint density at radius 2 is 0.846 bits per heavy atom. The van der Waals surface area contributed by atoms with Crippen LogP contribution < -0.4 is 0 Å². The van der Waals surface area contributed by atoms with Gasteiger partial charge in [0, 0.05) is 13.1 Å². The molecular weight excluding hydrogens is 318 g/mol. The average Bonchev–Trinajstić information content (AvgIpc) is 2.68. The summed E-state index contributed by atoms with van der Waals surface area (Å²) >= 11 is 0. The Morgan fingerprint density at radius 3 is 1.23 bits per heavy atom. The van der Waals surface area contributed by atoms with Crippen LogP contribution in [0, 0.1) is 0 Å². The van der Waals surface area contributed by atoms with Gasteiger partial charge in [-0.3, -0.25) is 4.90 Å². The van der Waals surface area contributed by atoms with E-state index in [1.807, 2.05) is 0 Å². The summed E-state index contributed by atoms with van der Waals surface area (Å²) in [4.78, 5) is 2.57. The lowest BCUT2D eigenvalue weighted by atomic mass is 10.0. The molecular formula is C24H49NO. The highest BCUT2D eigenvalue weighted by atomic mass is 16.5. The molecule has 0 spiro atoms. The fourth-order valence-electron chi connectivity index (χ4n) is 4.06. The number of unbranched alkanes of at least 4 members (excludes halogenated alkanes) is 17. The molecule has 1 rings (SSSR count). The molecule has 0 aromatic carbocycles. The summed E-state index contributed by atoms with van der Waals surface area (Å²) in [6.07, 6.45) is 26.3. The molecule has 0 saturated carbocycles. The van der Waals surface area contributed by atoms with E-state index >= 15 is 0 Å². The van der Waals surface area contributed by atoms with Gasteiger partial charge in [-0.25, -0.2) is 0 Å². The first kappa shape index (κ1) is 24.0. The van der Waals surface area contributed by atoms with Gasteiger partial charge in [0.05, 0.1) is 13.2 Å². The second kappa shape index (κ2) is 19.7. The lowest BCUT2D eigenvalue weighted by molar-refractivity contribution is 0.0371. The molecule has 1 saturated heterocycles. The van der Waals surface area contributed by atoms with Crippen molar-refractivity contribution in [3.8, 4) is 0 Å². The van der Waals surface area contributed by atoms with E-state index in [0.717, 1.165) is 26.3 Å². The SMILES string of the molecule is CCCCCCCCCCCCCCCCCCCCN1CCOCC1. The third-order valence-electron chi connectivity index (χ3n) is 5.93. The smallest absolute Gasteiger partial charge is 0.0594 e. The zero-order valence-corrected chi connectivity index (χ0v) is 18.1. The molecule has 0 amide bonds. The molecule has 0 bridgehead atoms. The van der Waals surface area contributed by atoms with Crippen LogP contribution in [0.3, 0.4) is 0 Å². The Kier molecular flexibility index (Phi) is 18.1. The summed E-state index contributed by atoms with van der Waals surface area (Å²) in [7, 11) is 0. The quantitative estimate of drug-likeness (QED) is 0.221. The third-order valence-corrected chi connectivity index (χ3v) is 5.93. The maximum Gasteiger partial charge on any atom is 0.0594 e. The Labute approximate surface area is 165 Å². The molecule has 1 fully saturated rings. The highest BCUT2D eigenvalue weighted by molar-refractivity contribution is 4.61. The minimum absolute atomic E-state index is 0.943. The van der Waals surface area contributed by atoms with Gasteiger partial charge >= 0.3 is 0 Å². The summed E-state index contributed by atoms with van der Waals surface area (Å²) in [6, 6.07) is 0. The van der Waals surface area contributed by atoms with Crippen molar-refractivity contribution < 1.29 is 4.74 Å². The van der Waals surface area contributed by atoms with E-state index in [1.165, 1.54) is 122 Å². The van der Waals surface area contributed by atoms with Crippen molar-refractivity contribution in [1.82, 2.24) is 4.90 Å².